The first-order chi connectivity index (χ1) is 9.08. The van der Waals surface area contributed by atoms with Crippen molar-refractivity contribution < 1.29 is 9.13 Å². The third kappa shape index (κ3) is 3.93. The van der Waals surface area contributed by atoms with Crippen LogP contribution in [0.1, 0.15) is 5.56 Å². The number of rotatable bonds is 4. The van der Waals surface area contributed by atoms with E-state index in [1.165, 1.54) is 12.1 Å². The van der Waals surface area contributed by atoms with E-state index in [1.807, 2.05) is 0 Å². The Morgan fingerprint density at radius 3 is 2.68 bits per heavy atom. The SMILES string of the molecule is NCCc1cc(F)cc(Oc2ccc(Br)cc2Cl)c1. The smallest absolute Gasteiger partial charge is 0.146 e. The zero-order valence-corrected chi connectivity index (χ0v) is 12.3. The minimum atomic E-state index is -0.353. The van der Waals surface area contributed by atoms with Gasteiger partial charge in [-0.05, 0) is 48.9 Å². The normalized spacial score (nSPS) is 10.5. The molecule has 2 aromatic rings. The summed E-state index contributed by atoms with van der Waals surface area (Å²) in [5.41, 5.74) is 6.26. The summed E-state index contributed by atoms with van der Waals surface area (Å²) in [5, 5.41) is 0.457. The van der Waals surface area contributed by atoms with Crippen molar-refractivity contribution in [3.8, 4) is 11.5 Å². The average Bonchev–Trinajstić information content (AvgIpc) is 2.32. The van der Waals surface area contributed by atoms with Gasteiger partial charge in [0.25, 0.3) is 0 Å². The third-order valence-corrected chi connectivity index (χ3v) is 3.27. The minimum absolute atomic E-state index is 0.353. The highest BCUT2D eigenvalue weighted by molar-refractivity contribution is 9.10. The van der Waals surface area contributed by atoms with E-state index < -0.39 is 0 Å². The maximum Gasteiger partial charge on any atom is 0.146 e. The molecule has 2 nitrogen and oxygen atoms in total. The van der Waals surface area contributed by atoms with Gasteiger partial charge in [-0.25, -0.2) is 4.39 Å². The Morgan fingerprint density at radius 1 is 1.21 bits per heavy atom. The Morgan fingerprint density at radius 2 is 2.00 bits per heavy atom. The zero-order chi connectivity index (χ0) is 13.8. The molecule has 2 aromatic carbocycles. The maximum absolute atomic E-state index is 13.5. The molecule has 2 rings (SSSR count). The van der Waals surface area contributed by atoms with Gasteiger partial charge in [0.05, 0.1) is 5.02 Å². The van der Waals surface area contributed by atoms with Crippen molar-refractivity contribution in [1.29, 1.82) is 0 Å². The molecule has 0 aliphatic heterocycles. The van der Waals surface area contributed by atoms with E-state index in [2.05, 4.69) is 15.9 Å². The van der Waals surface area contributed by atoms with Crippen LogP contribution in [-0.4, -0.2) is 6.54 Å². The van der Waals surface area contributed by atoms with Gasteiger partial charge in [-0.2, -0.15) is 0 Å². The van der Waals surface area contributed by atoms with Crippen LogP contribution in [0.3, 0.4) is 0 Å². The molecule has 2 N–H and O–H groups in total. The van der Waals surface area contributed by atoms with Crippen LogP contribution in [0.5, 0.6) is 11.5 Å². The van der Waals surface area contributed by atoms with Gasteiger partial charge in [0.2, 0.25) is 0 Å². The Bertz CT molecular complexity index is 592. The van der Waals surface area contributed by atoms with Crippen molar-refractivity contribution in [3.05, 3.63) is 57.3 Å². The van der Waals surface area contributed by atoms with E-state index in [9.17, 15) is 4.39 Å². The summed E-state index contributed by atoms with van der Waals surface area (Å²) in [7, 11) is 0. The van der Waals surface area contributed by atoms with E-state index >= 15 is 0 Å². The Balaban J connectivity index is 2.27. The lowest BCUT2D eigenvalue weighted by Gasteiger charge is -2.09. The van der Waals surface area contributed by atoms with Crippen molar-refractivity contribution in [3.63, 3.8) is 0 Å². The standard InChI is InChI=1S/C14H12BrClFNO/c15-10-1-2-14(13(16)7-10)19-12-6-9(3-4-18)5-11(17)8-12/h1-2,5-8H,3-4,18H2. The lowest BCUT2D eigenvalue weighted by Crippen LogP contribution is -2.03. The lowest BCUT2D eigenvalue weighted by molar-refractivity contribution is 0.476. The predicted molar refractivity (Wildman–Crippen MR) is 78.4 cm³/mol. The average molecular weight is 345 g/mol. The Labute approximate surface area is 124 Å². The molecule has 0 aliphatic rings. The Hall–Kier alpha value is -1.10. The number of nitrogens with two attached hydrogens (primary N) is 1. The summed E-state index contributed by atoms with van der Waals surface area (Å²) in [6.45, 7) is 0.460. The van der Waals surface area contributed by atoms with E-state index in [0.29, 0.717) is 29.5 Å². The molecule has 0 bridgehead atoms. The van der Waals surface area contributed by atoms with Crippen molar-refractivity contribution in [1.82, 2.24) is 0 Å². The summed E-state index contributed by atoms with van der Waals surface area (Å²) in [5.74, 6) is 0.538. The minimum Gasteiger partial charge on any atom is -0.456 e. The molecule has 19 heavy (non-hydrogen) atoms. The molecule has 100 valence electrons. The molecule has 0 atom stereocenters. The van der Waals surface area contributed by atoms with E-state index in [4.69, 9.17) is 22.1 Å². The zero-order valence-electron chi connectivity index (χ0n) is 10.00. The molecular weight excluding hydrogens is 333 g/mol. The van der Waals surface area contributed by atoms with Crippen LogP contribution in [0, 0.1) is 5.82 Å². The van der Waals surface area contributed by atoms with Crippen LogP contribution in [0.25, 0.3) is 0 Å². The molecule has 5 heteroatoms. The van der Waals surface area contributed by atoms with E-state index in [1.54, 1.807) is 24.3 Å². The molecular formula is C14H12BrClFNO. The van der Waals surface area contributed by atoms with Crippen molar-refractivity contribution in [2.24, 2.45) is 5.73 Å². The summed E-state index contributed by atoms with van der Waals surface area (Å²) in [4.78, 5) is 0. The van der Waals surface area contributed by atoms with Gasteiger partial charge in [0, 0.05) is 10.5 Å². The fourth-order valence-electron chi connectivity index (χ4n) is 1.68. The summed E-state index contributed by atoms with van der Waals surface area (Å²) >= 11 is 9.36. The van der Waals surface area contributed by atoms with Crippen LogP contribution in [0.4, 0.5) is 4.39 Å². The van der Waals surface area contributed by atoms with Crippen LogP contribution in [0.15, 0.2) is 40.9 Å². The first-order valence-corrected chi connectivity index (χ1v) is 6.88. The molecule has 0 fully saturated rings. The number of halogens is 3. The highest BCUT2D eigenvalue weighted by Gasteiger charge is 2.06. The van der Waals surface area contributed by atoms with Gasteiger partial charge in [-0.15, -0.1) is 0 Å². The molecule has 0 radical (unpaired) electrons. The number of benzene rings is 2. The molecule has 0 aliphatic carbocycles. The highest BCUT2D eigenvalue weighted by Crippen LogP contribution is 2.32. The van der Waals surface area contributed by atoms with Crippen LogP contribution in [-0.2, 0) is 6.42 Å². The van der Waals surface area contributed by atoms with Crippen molar-refractivity contribution >= 4 is 27.5 Å². The van der Waals surface area contributed by atoms with Gasteiger partial charge in [0.15, 0.2) is 0 Å². The van der Waals surface area contributed by atoms with Crippen molar-refractivity contribution in [2.45, 2.75) is 6.42 Å². The second-order valence-corrected chi connectivity index (χ2v) is 5.33. The molecule has 0 spiro atoms. The molecule has 0 amide bonds. The van der Waals surface area contributed by atoms with Gasteiger partial charge in [-0.1, -0.05) is 27.5 Å². The summed E-state index contributed by atoms with van der Waals surface area (Å²) in [6, 6.07) is 9.77. The molecule has 0 unspecified atom stereocenters. The summed E-state index contributed by atoms with van der Waals surface area (Å²) < 4.78 is 19.9. The van der Waals surface area contributed by atoms with Gasteiger partial charge >= 0.3 is 0 Å². The number of hydrogen-bond donors (Lipinski definition) is 1. The quantitative estimate of drug-likeness (QED) is 0.884. The monoisotopic (exact) mass is 343 g/mol. The largest absolute Gasteiger partial charge is 0.456 e. The van der Waals surface area contributed by atoms with Crippen LogP contribution < -0.4 is 10.5 Å². The van der Waals surface area contributed by atoms with Gasteiger partial charge in [0.1, 0.15) is 17.3 Å². The van der Waals surface area contributed by atoms with Crippen LogP contribution in [0.2, 0.25) is 5.02 Å². The maximum atomic E-state index is 13.5. The first-order valence-electron chi connectivity index (χ1n) is 5.71. The van der Waals surface area contributed by atoms with E-state index in [-0.39, 0.29) is 5.82 Å². The predicted octanol–water partition coefficient (Wildman–Crippen LogP) is 4.54. The molecule has 0 aromatic heterocycles. The fourth-order valence-corrected chi connectivity index (χ4v) is 2.39. The highest BCUT2D eigenvalue weighted by atomic mass is 79.9. The van der Waals surface area contributed by atoms with Gasteiger partial charge in [-0.3, -0.25) is 0 Å². The lowest BCUT2D eigenvalue weighted by atomic mass is 10.1. The molecule has 0 saturated carbocycles. The second-order valence-electron chi connectivity index (χ2n) is 4.01. The molecule has 0 saturated heterocycles. The third-order valence-electron chi connectivity index (χ3n) is 2.49. The number of hydrogen-bond acceptors (Lipinski definition) is 2. The number of ether oxygens (including phenoxy) is 1. The molecule has 0 heterocycles. The van der Waals surface area contributed by atoms with Crippen LogP contribution >= 0.6 is 27.5 Å². The Kier molecular flexibility index (Phi) is 4.80. The second kappa shape index (κ2) is 6.37. The van der Waals surface area contributed by atoms with Crippen molar-refractivity contribution in [2.75, 3.05) is 6.54 Å². The summed E-state index contributed by atoms with van der Waals surface area (Å²) in [6.07, 6.45) is 0.599. The first kappa shape index (κ1) is 14.3. The van der Waals surface area contributed by atoms with Gasteiger partial charge < -0.3 is 10.5 Å². The van der Waals surface area contributed by atoms with E-state index in [0.717, 1.165) is 10.0 Å². The topological polar surface area (TPSA) is 35.2 Å². The fraction of sp³-hybridized carbons (Fsp3) is 0.143.